The smallest absolute Gasteiger partial charge is 0.339 e. The maximum absolute atomic E-state index is 12.0. The summed E-state index contributed by atoms with van der Waals surface area (Å²) in [6.07, 6.45) is 2.06. The van der Waals surface area contributed by atoms with E-state index < -0.39 is 5.97 Å². The van der Waals surface area contributed by atoms with E-state index in [9.17, 15) is 9.59 Å². The van der Waals surface area contributed by atoms with E-state index in [0.717, 1.165) is 12.8 Å². The monoisotopic (exact) mass is 357 g/mol. The van der Waals surface area contributed by atoms with Gasteiger partial charge in [-0.05, 0) is 48.2 Å². The van der Waals surface area contributed by atoms with Crippen molar-refractivity contribution in [1.29, 1.82) is 0 Å². The van der Waals surface area contributed by atoms with E-state index in [1.165, 1.54) is 21.7 Å². The Kier molecular flexibility index (Phi) is 5.19. The van der Waals surface area contributed by atoms with Crippen molar-refractivity contribution in [1.82, 2.24) is 5.32 Å². The first kappa shape index (κ1) is 17.2. The normalized spacial score (nSPS) is 10.9. The Hall–Kier alpha value is -2.60. The summed E-state index contributed by atoms with van der Waals surface area (Å²) in [6, 6.07) is 9.73. The van der Waals surface area contributed by atoms with Gasteiger partial charge in [-0.15, -0.1) is 11.3 Å². The van der Waals surface area contributed by atoms with Gasteiger partial charge in [0, 0.05) is 11.1 Å². The molecule has 5 nitrogen and oxygen atoms in total. The van der Waals surface area contributed by atoms with Crippen molar-refractivity contribution < 1.29 is 19.1 Å². The Morgan fingerprint density at radius 2 is 2.08 bits per heavy atom. The summed E-state index contributed by atoms with van der Waals surface area (Å²) in [5.74, 6) is -0.291. The second-order valence-corrected chi connectivity index (χ2v) is 6.79. The molecule has 2 heterocycles. The lowest BCUT2D eigenvalue weighted by Gasteiger charge is -2.03. The number of carboxylic acid groups (broad SMARTS) is 1. The Labute approximate surface area is 149 Å². The average molecular weight is 357 g/mol. The van der Waals surface area contributed by atoms with Crippen LogP contribution in [0.2, 0.25) is 0 Å². The zero-order chi connectivity index (χ0) is 17.8. The van der Waals surface area contributed by atoms with Crippen molar-refractivity contribution in [2.45, 2.75) is 32.7 Å². The highest BCUT2D eigenvalue weighted by atomic mass is 32.1. The second kappa shape index (κ2) is 7.53. The van der Waals surface area contributed by atoms with Gasteiger partial charge in [0.05, 0.1) is 6.54 Å². The molecule has 0 radical (unpaired) electrons. The minimum absolute atomic E-state index is 0.0644. The molecule has 0 unspecified atom stereocenters. The van der Waals surface area contributed by atoms with Crippen LogP contribution >= 0.6 is 11.3 Å². The number of carbonyl (C=O) groups is 2. The number of benzene rings is 1. The van der Waals surface area contributed by atoms with E-state index in [2.05, 4.69) is 22.8 Å². The van der Waals surface area contributed by atoms with Crippen molar-refractivity contribution in [3.63, 3.8) is 0 Å². The number of carboxylic acids is 1. The van der Waals surface area contributed by atoms with Gasteiger partial charge in [0.25, 0.3) is 0 Å². The summed E-state index contributed by atoms with van der Waals surface area (Å²) in [6.45, 7) is 1.80. The molecule has 3 rings (SSSR count). The van der Waals surface area contributed by atoms with Crippen molar-refractivity contribution in [2.75, 3.05) is 0 Å². The Morgan fingerprint density at radius 3 is 2.84 bits per heavy atom. The van der Waals surface area contributed by atoms with E-state index in [1.807, 2.05) is 12.1 Å². The maximum Gasteiger partial charge on any atom is 0.339 e. The number of aryl methyl sites for hydroxylation is 2. The minimum Gasteiger partial charge on any atom is -0.478 e. The van der Waals surface area contributed by atoms with Gasteiger partial charge in [-0.25, -0.2) is 4.79 Å². The lowest BCUT2D eigenvalue weighted by atomic mass is 10.1. The summed E-state index contributed by atoms with van der Waals surface area (Å²) in [4.78, 5) is 22.9. The SMILES string of the molecule is Cc1oc(CNC(=O)CCCc2csc3ccccc23)cc1C(=O)O. The highest BCUT2D eigenvalue weighted by Gasteiger charge is 2.14. The highest BCUT2D eigenvalue weighted by molar-refractivity contribution is 7.17. The molecule has 1 amide bonds. The molecule has 0 saturated heterocycles. The fourth-order valence-electron chi connectivity index (χ4n) is 2.78. The number of furan rings is 1. The molecule has 0 fully saturated rings. The molecule has 3 aromatic rings. The van der Waals surface area contributed by atoms with Crippen LogP contribution in [0.4, 0.5) is 0 Å². The number of thiophene rings is 1. The zero-order valence-corrected chi connectivity index (χ0v) is 14.7. The van der Waals surface area contributed by atoms with Crippen LogP contribution in [0, 0.1) is 6.92 Å². The van der Waals surface area contributed by atoms with Crippen LogP contribution < -0.4 is 5.32 Å². The van der Waals surface area contributed by atoms with Crippen molar-refractivity contribution in [2.24, 2.45) is 0 Å². The van der Waals surface area contributed by atoms with Crippen LogP contribution in [-0.4, -0.2) is 17.0 Å². The summed E-state index contributed by atoms with van der Waals surface area (Å²) in [5, 5.41) is 15.2. The Bertz CT molecular complexity index is 909. The lowest BCUT2D eigenvalue weighted by Crippen LogP contribution is -2.22. The van der Waals surface area contributed by atoms with Gasteiger partial charge in [-0.2, -0.15) is 0 Å². The highest BCUT2D eigenvalue weighted by Crippen LogP contribution is 2.26. The molecule has 0 aliphatic heterocycles. The quantitative estimate of drug-likeness (QED) is 0.666. The molecule has 25 heavy (non-hydrogen) atoms. The van der Waals surface area contributed by atoms with Crippen LogP contribution in [-0.2, 0) is 17.8 Å². The molecule has 130 valence electrons. The van der Waals surface area contributed by atoms with Crippen molar-refractivity contribution >= 4 is 33.3 Å². The molecule has 0 aliphatic rings. The molecule has 0 aliphatic carbocycles. The van der Waals surface area contributed by atoms with Gasteiger partial charge >= 0.3 is 5.97 Å². The second-order valence-electron chi connectivity index (χ2n) is 5.88. The van der Waals surface area contributed by atoms with Crippen LogP contribution in [0.25, 0.3) is 10.1 Å². The Balaban J connectivity index is 1.47. The van der Waals surface area contributed by atoms with Gasteiger partial charge in [-0.3, -0.25) is 4.79 Å². The fraction of sp³-hybridized carbons (Fsp3) is 0.263. The summed E-state index contributed by atoms with van der Waals surface area (Å²) < 4.78 is 6.61. The molecule has 2 N–H and O–H groups in total. The number of aromatic carboxylic acids is 1. The predicted octanol–water partition coefficient (Wildman–Crippen LogP) is 4.14. The number of hydrogen-bond donors (Lipinski definition) is 2. The van der Waals surface area contributed by atoms with E-state index in [4.69, 9.17) is 9.52 Å². The molecule has 0 atom stereocenters. The van der Waals surface area contributed by atoms with Crippen molar-refractivity contribution in [3.05, 3.63) is 58.4 Å². The van der Waals surface area contributed by atoms with Crippen LogP contribution in [0.5, 0.6) is 0 Å². The number of hydrogen-bond acceptors (Lipinski definition) is 4. The minimum atomic E-state index is -1.03. The summed E-state index contributed by atoms with van der Waals surface area (Å²) >= 11 is 1.73. The van der Waals surface area contributed by atoms with Gasteiger partial charge in [0.15, 0.2) is 0 Å². The third-order valence-corrected chi connectivity index (χ3v) is 5.08. The first-order valence-corrected chi connectivity index (χ1v) is 8.97. The van der Waals surface area contributed by atoms with E-state index in [1.54, 1.807) is 18.3 Å². The first-order valence-electron chi connectivity index (χ1n) is 8.09. The number of amides is 1. The van der Waals surface area contributed by atoms with Crippen LogP contribution in [0.15, 0.2) is 40.1 Å². The Morgan fingerprint density at radius 1 is 1.28 bits per heavy atom. The maximum atomic E-state index is 12.0. The molecule has 0 saturated carbocycles. The number of rotatable bonds is 7. The third kappa shape index (κ3) is 4.09. The van der Waals surface area contributed by atoms with E-state index in [0.29, 0.717) is 17.9 Å². The van der Waals surface area contributed by atoms with Gasteiger partial charge in [0.1, 0.15) is 17.1 Å². The van der Waals surface area contributed by atoms with E-state index in [-0.39, 0.29) is 18.0 Å². The standard InChI is InChI=1S/C19H19NO4S/c1-12-16(19(22)23)9-14(24-12)10-20-18(21)8-4-5-13-11-25-17-7-3-2-6-15(13)17/h2-3,6-7,9,11H,4-5,8,10H2,1H3,(H,20,21)(H,22,23). The predicted molar refractivity (Wildman–Crippen MR) is 97.0 cm³/mol. The average Bonchev–Trinajstić information content (AvgIpc) is 3.17. The van der Waals surface area contributed by atoms with Crippen LogP contribution in [0.3, 0.4) is 0 Å². The van der Waals surface area contributed by atoms with Crippen LogP contribution in [0.1, 0.15) is 40.3 Å². The molecule has 1 aromatic carbocycles. The van der Waals surface area contributed by atoms with E-state index >= 15 is 0 Å². The molecule has 6 heteroatoms. The van der Waals surface area contributed by atoms with Crippen molar-refractivity contribution in [3.8, 4) is 0 Å². The number of carbonyl (C=O) groups excluding carboxylic acids is 1. The third-order valence-electron chi connectivity index (χ3n) is 4.07. The zero-order valence-electron chi connectivity index (χ0n) is 13.9. The molecule has 0 bridgehead atoms. The summed E-state index contributed by atoms with van der Waals surface area (Å²) in [7, 11) is 0. The molecule has 2 aromatic heterocycles. The topological polar surface area (TPSA) is 79.5 Å². The first-order chi connectivity index (χ1) is 12.0. The number of nitrogens with one attached hydrogen (secondary N) is 1. The summed E-state index contributed by atoms with van der Waals surface area (Å²) in [5.41, 5.74) is 1.41. The van der Waals surface area contributed by atoms with Gasteiger partial charge in [-0.1, -0.05) is 18.2 Å². The number of fused-ring (bicyclic) bond motifs is 1. The molecular formula is C19H19NO4S. The molecule has 0 spiro atoms. The fourth-order valence-corrected chi connectivity index (χ4v) is 3.78. The van der Waals surface area contributed by atoms with Gasteiger partial charge in [0.2, 0.25) is 5.91 Å². The largest absolute Gasteiger partial charge is 0.478 e. The van der Waals surface area contributed by atoms with Gasteiger partial charge < -0.3 is 14.8 Å². The molecular weight excluding hydrogens is 338 g/mol. The lowest BCUT2D eigenvalue weighted by molar-refractivity contribution is -0.121.